The van der Waals surface area contributed by atoms with Gasteiger partial charge in [-0.3, -0.25) is 9.59 Å². The smallest absolute Gasteiger partial charge is 0.341 e. The summed E-state index contributed by atoms with van der Waals surface area (Å²) in [6.45, 7) is 10.7. The van der Waals surface area contributed by atoms with E-state index < -0.39 is 34.4 Å². The van der Waals surface area contributed by atoms with Gasteiger partial charge in [0.05, 0.1) is 22.4 Å². The fraction of sp³-hybridized carbons (Fsp3) is 0.394. The number of piperazine rings is 2. The number of halogens is 2. The lowest BCUT2D eigenvalue weighted by molar-refractivity contribution is 0.0684. The topological polar surface area (TPSA) is 140 Å². The van der Waals surface area contributed by atoms with Crippen molar-refractivity contribution in [2.45, 2.75) is 26.9 Å². The zero-order chi connectivity index (χ0) is 34.0. The Balaban J connectivity index is 0.000000185. The Kier molecular flexibility index (Phi) is 9.91. The first-order chi connectivity index (χ1) is 22.4. The minimum Gasteiger partial charge on any atom is -0.477 e. The number of anilines is 2. The Bertz CT molecular complexity index is 1960. The molecule has 0 bridgehead atoms. The van der Waals surface area contributed by atoms with Crippen molar-refractivity contribution in [2.75, 3.05) is 69.2 Å². The van der Waals surface area contributed by atoms with Gasteiger partial charge in [0, 0.05) is 88.6 Å². The van der Waals surface area contributed by atoms with Crippen LogP contribution in [-0.2, 0) is 13.1 Å². The molecule has 3 N–H and O–H groups in total. The number of aromatic nitrogens is 2. The summed E-state index contributed by atoms with van der Waals surface area (Å²) >= 11 is 0. The summed E-state index contributed by atoms with van der Waals surface area (Å²) in [5.41, 5.74) is 0.0444. The van der Waals surface area contributed by atoms with Crippen LogP contribution in [0.5, 0.6) is 0 Å². The van der Waals surface area contributed by atoms with Gasteiger partial charge in [0.2, 0.25) is 10.9 Å². The summed E-state index contributed by atoms with van der Waals surface area (Å²) in [6, 6.07) is 5.64. The van der Waals surface area contributed by atoms with E-state index in [0.29, 0.717) is 61.7 Å². The van der Waals surface area contributed by atoms with E-state index in [4.69, 9.17) is 5.11 Å². The number of nitrogens with zero attached hydrogens (tertiary/aromatic N) is 5. The molecule has 0 amide bonds. The zero-order valence-electron chi connectivity index (χ0n) is 26.6. The van der Waals surface area contributed by atoms with Crippen molar-refractivity contribution in [1.29, 1.82) is 0 Å². The number of carbonyl (C=O) groups is 2. The summed E-state index contributed by atoms with van der Waals surface area (Å²) in [5.74, 6) is -3.59. The number of hydrogen-bond donors (Lipinski definition) is 3. The molecule has 12 nitrogen and oxygen atoms in total. The fourth-order valence-electron chi connectivity index (χ4n) is 6.06. The van der Waals surface area contributed by atoms with E-state index in [2.05, 4.69) is 10.2 Å². The monoisotopic (exact) mass is 652 g/mol. The summed E-state index contributed by atoms with van der Waals surface area (Å²) in [7, 11) is 2.02. The normalized spacial score (nSPS) is 15.5. The number of rotatable bonds is 6. The predicted molar refractivity (Wildman–Crippen MR) is 176 cm³/mol. The lowest BCUT2D eigenvalue weighted by Crippen LogP contribution is -2.44. The number of carboxylic acid groups (broad SMARTS) is 2. The van der Waals surface area contributed by atoms with Gasteiger partial charge in [0.25, 0.3) is 0 Å². The first-order valence-electron chi connectivity index (χ1n) is 15.5. The lowest BCUT2D eigenvalue weighted by Gasteiger charge is -2.34. The second-order valence-corrected chi connectivity index (χ2v) is 11.6. The van der Waals surface area contributed by atoms with E-state index in [1.54, 1.807) is 21.3 Å². The van der Waals surface area contributed by atoms with E-state index in [-0.39, 0.29) is 21.9 Å². The van der Waals surface area contributed by atoms with Gasteiger partial charge in [0.1, 0.15) is 22.8 Å². The molecule has 4 heterocycles. The first-order valence-corrected chi connectivity index (χ1v) is 15.5. The van der Waals surface area contributed by atoms with Crippen molar-refractivity contribution in [2.24, 2.45) is 0 Å². The molecule has 2 fully saturated rings. The van der Waals surface area contributed by atoms with Crippen molar-refractivity contribution in [3.8, 4) is 0 Å². The van der Waals surface area contributed by atoms with Gasteiger partial charge in [-0.15, -0.1) is 0 Å². The lowest BCUT2D eigenvalue weighted by atomic mass is 10.1. The van der Waals surface area contributed by atoms with Crippen LogP contribution in [0.4, 0.5) is 20.2 Å². The quantitative estimate of drug-likeness (QED) is 0.285. The van der Waals surface area contributed by atoms with Crippen LogP contribution >= 0.6 is 0 Å². The van der Waals surface area contributed by atoms with Crippen molar-refractivity contribution in [1.82, 2.24) is 19.4 Å². The molecule has 250 valence electrons. The molecule has 2 saturated heterocycles. The number of aryl methyl sites for hydroxylation is 2. The number of hydrogen-bond acceptors (Lipinski definition) is 8. The number of likely N-dealkylation sites (N-methyl/N-ethyl adjacent to an activating group) is 1. The Hall–Kier alpha value is -4.82. The van der Waals surface area contributed by atoms with Crippen LogP contribution in [0.2, 0.25) is 0 Å². The molecule has 2 aromatic carbocycles. The van der Waals surface area contributed by atoms with Crippen molar-refractivity contribution in [3.05, 3.63) is 79.9 Å². The standard InChI is InChI=1S/C17H20FN3O3.C16H18FN3O3/c1-3-20-10-12(17(23)24)16(22)11-8-13(18)15(9-14(11)20)21-6-4-19(2)5-7-21;1-2-19-9-11(16(22)23)15(21)10-7-12(17)14(8-13(10)19)20-5-3-18-4-6-20/h8-10H,3-7H2,1-2H3,(H,23,24);7-9,18H,2-6H2,1H3,(H,22,23). The van der Waals surface area contributed by atoms with Crippen LogP contribution < -0.4 is 26.0 Å². The van der Waals surface area contributed by atoms with Crippen LogP contribution in [0.3, 0.4) is 0 Å². The van der Waals surface area contributed by atoms with Crippen molar-refractivity contribution in [3.63, 3.8) is 0 Å². The van der Waals surface area contributed by atoms with Gasteiger partial charge in [-0.2, -0.15) is 0 Å². The molecule has 0 aliphatic carbocycles. The van der Waals surface area contributed by atoms with Gasteiger partial charge < -0.3 is 39.4 Å². The van der Waals surface area contributed by atoms with Crippen LogP contribution in [0, 0.1) is 11.6 Å². The third-order valence-corrected chi connectivity index (χ3v) is 8.74. The maximum Gasteiger partial charge on any atom is 0.341 e. The molecule has 6 rings (SSSR count). The van der Waals surface area contributed by atoms with E-state index >= 15 is 0 Å². The third kappa shape index (κ3) is 6.69. The summed E-state index contributed by atoms with van der Waals surface area (Å²) in [4.78, 5) is 53.2. The predicted octanol–water partition coefficient (Wildman–Crippen LogP) is 2.88. The van der Waals surface area contributed by atoms with E-state index in [0.717, 1.165) is 32.2 Å². The minimum atomic E-state index is -1.30. The molecule has 0 saturated carbocycles. The molecule has 4 aromatic rings. The third-order valence-electron chi connectivity index (χ3n) is 8.74. The summed E-state index contributed by atoms with van der Waals surface area (Å²) in [6.07, 6.45) is 2.66. The van der Waals surface area contributed by atoms with Gasteiger partial charge in [-0.1, -0.05) is 0 Å². The number of nitrogens with one attached hydrogen (secondary N) is 1. The molecular weight excluding hydrogens is 614 g/mol. The molecule has 47 heavy (non-hydrogen) atoms. The highest BCUT2D eigenvalue weighted by Gasteiger charge is 2.22. The number of pyridine rings is 2. The van der Waals surface area contributed by atoms with Crippen LogP contribution in [0.1, 0.15) is 34.6 Å². The highest BCUT2D eigenvalue weighted by molar-refractivity contribution is 5.94. The Labute approximate surface area is 269 Å². The number of fused-ring (bicyclic) bond motifs is 2. The zero-order valence-corrected chi connectivity index (χ0v) is 26.6. The Morgan fingerprint density at radius 3 is 1.49 bits per heavy atom. The van der Waals surface area contributed by atoms with E-state index in [1.165, 1.54) is 18.5 Å². The molecule has 0 unspecified atom stereocenters. The maximum absolute atomic E-state index is 14.6. The van der Waals surface area contributed by atoms with Gasteiger partial charge in [0.15, 0.2) is 0 Å². The highest BCUT2D eigenvalue weighted by atomic mass is 19.1. The SMILES string of the molecule is CCn1cc(C(=O)O)c(=O)c2cc(F)c(N3CCN(C)CC3)cc21.CCn1cc(C(=O)O)c(=O)c2cc(F)c(N3CCNCC3)cc21. The Morgan fingerprint density at radius 2 is 1.11 bits per heavy atom. The molecule has 2 aliphatic heterocycles. The molecule has 2 aromatic heterocycles. The number of carboxylic acids is 2. The summed E-state index contributed by atoms with van der Waals surface area (Å²) < 4.78 is 32.4. The first kappa shape index (κ1) is 33.5. The van der Waals surface area contributed by atoms with E-state index in [1.807, 2.05) is 30.7 Å². The van der Waals surface area contributed by atoms with Gasteiger partial charge >= 0.3 is 11.9 Å². The number of aromatic carboxylic acids is 2. The van der Waals surface area contributed by atoms with Crippen LogP contribution in [0.25, 0.3) is 21.8 Å². The molecule has 0 radical (unpaired) electrons. The average molecular weight is 653 g/mol. The molecule has 0 atom stereocenters. The number of benzene rings is 2. The average Bonchev–Trinajstić information content (AvgIpc) is 3.06. The highest BCUT2D eigenvalue weighted by Crippen LogP contribution is 2.27. The molecule has 2 aliphatic rings. The summed E-state index contributed by atoms with van der Waals surface area (Å²) in [5, 5.41) is 21.7. The molecular formula is C33H38F2N6O6. The second kappa shape index (κ2) is 13.9. The van der Waals surface area contributed by atoms with Crippen molar-refractivity contribution >= 4 is 45.1 Å². The second-order valence-electron chi connectivity index (χ2n) is 11.6. The van der Waals surface area contributed by atoms with Gasteiger partial charge in [-0.05, 0) is 45.2 Å². The van der Waals surface area contributed by atoms with Crippen LogP contribution in [-0.4, -0.2) is 95.6 Å². The molecule has 14 heteroatoms. The fourth-order valence-corrected chi connectivity index (χ4v) is 6.06. The van der Waals surface area contributed by atoms with E-state index in [9.17, 15) is 33.1 Å². The minimum absolute atomic E-state index is 0.100. The van der Waals surface area contributed by atoms with Crippen LogP contribution in [0.15, 0.2) is 46.2 Å². The maximum atomic E-state index is 14.6. The molecule has 0 spiro atoms. The van der Waals surface area contributed by atoms with Gasteiger partial charge in [-0.25, -0.2) is 18.4 Å². The largest absolute Gasteiger partial charge is 0.477 e. The van der Waals surface area contributed by atoms with Crippen molar-refractivity contribution < 1.29 is 28.6 Å². The Morgan fingerprint density at radius 1 is 0.702 bits per heavy atom.